The molecule has 0 fully saturated rings. The number of nitrogens with zero attached hydrogens (tertiary/aromatic N) is 2. The molecule has 0 spiro atoms. The van der Waals surface area contributed by atoms with Crippen molar-refractivity contribution in [1.29, 1.82) is 0 Å². The molecule has 1 heterocycles. The van der Waals surface area contributed by atoms with Crippen LogP contribution in [0.2, 0.25) is 0 Å². The largest absolute Gasteiger partial charge is 0.494 e. The van der Waals surface area contributed by atoms with Gasteiger partial charge in [-0.05, 0) is 42.8 Å². The molecule has 0 aliphatic rings. The Morgan fingerprint density at radius 1 is 1.20 bits per heavy atom. The number of hydrogen-bond donors (Lipinski definition) is 1. The number of hydrogen-bond acceptors (Lipinski definition) is 4. The predicted molar refractivity (Wildman–Crippen MR) is 96.3 cm³/mol. The topological polar surface area (TPSA) is 71.5 Å². The average Bonchev–Trinajstić information content (AvgIpc) is 2.62. The molecule has 0 saturated heterocycles. The molecule has 0 bridgehead atoms. The van der Waals surface area contributed by atoms with Gasteiger partial charge < -0.3 is 15.0 Å². The number of anilines is 1. The SMILES string of the molecule is CCOc1ccc(N(CCC(=O)NCc2cccnc2)C(C)=O)cc1. The second-order valence-corrected chi connectivity index (χ2v) is 5.49. The van der Waals surface area contributed by atoms with E-state index in [4.69, 9.17) is 4.74 Å². The van der Waals surface area contributed by atoms with E-state index >= 15 is 0 Å². The highest BCUT2D eigenvalue weighted by atomic mass is 16.5. The number of carbonyl (C=O) groups is 2. The zero-order chi connectivity index (χ0) is 18.1. The summed E-state index contributed by atoms with van der Waals surface area (Å²) in [5.74, 6) is 0.536. The summed E-state index contributed by atoms with van der Waals surface area (Å²) < 4.78 is 5.40. The molecule has 0 radical (unpaired) electrons. The lowest BCUT2D eigenvalue weighted by molar-refractivity contribution is -0.121. The van der Waals surface area contributed by atoms with Crippen molar-refractivity contribution >= 4 is 17.5 Å². The number of rotatable bonds is 8. The minimum Gasteiger partial charge on any atom is -0.494 e. The lowest BCUT2D eigenvalue weighted by Gasteiger charge is -2.21. The van der Waals surface area contributed by atoms with E-state index < -0.39 is 0 Å². The highest BCUT2D eigenvalue weighted by Crippen LogP contribution is 2.20. The zero-order valence-electron chi connectivity index (χ0n) is 14.6. The molecule has 0 atom stereocenters. The number of aromatic nitrogens is 1. The van der Waals surface area contributed by atoms with Crippen LogP contribution < -0.4 is 15.0 Å². The fraction of sp³-hybridized carbons (Fsp3) is 0.316. The number of carbonyl (C=O) groups excluding carboxylic acids is 2. The van der Waals surface area contributed by atoms with E-state index in [2.05, 4.69) is 10.3 Å². The van der Waals surface area contributed by atoms with Crippen LogP contribution in [0.5, 0.6) is 5.75 Å². The Labute approximate surface area is 147 Å². The summed E-state index contributed by atoms with van der Waals surface area (Å²) in [6.45, 7) is 4.74. The van der Waals surface area contributed by atoms with Gasteiger partial charge in [0.1, 0.15) is 5.75 Å². The quantitative estimate of drug-likeness (QED) is 0.801. The second kappa shape index (κ2) is 9.42. The van der Waals surface area contributed by atoms with Gasteiger partial charge in [-0.3, -0.25) is 14.6 Å². The van der Waals surface area contributed by atoms with Crippen LogP contribution in [0.4, 0.5) is 5.69 Å². The van der Waals surface area contributed by atoms with E-state index in [9.17, 15) is 9.59 Å². The van der Waals surface area contributed by atoms with Gasteiger partial charge in [0.2, 0.25) is 11.8 Å². The molecule has 2 aromatic rings. The molecule has 1 aromatic heterocycles. The second-order valence-electron chi connectivity index (χ2n) is 5.49. The number of pyridine rings is 1. The maximum absolute atomic E-state index is 12.0. The van der Waals surface area contributed by atoms with E-state index in [1.807, 2.05) is 43.3 Å². The van der Waals surface area contributed by atoms with Gasteiger partial charge >= 0.3 is 0 Å². The van der Waals surface area contributed by atoms with Crippen LogP contribution >= 0.6 is 0 Å². The summed E-state index contributed by atoms with van der Waals surface area (Å²) in [6, 6.07) is 11.0. The number of nitrogens with one attached hydrogen (secondary N) is 1. The molecule has 2 amide bonds. The number of amides is 2. The van der Waals surface area contributed by atoms with Gasteiger partial charge in [0.25, 0.3) is 0 Å². The van der Waals surface area contributed by atoms with Gasteiger partial charge in [0.15, 0.2) is 0 Å². The first-order valence-electron chi connectivity index (χ1n) is 8.26. The Balaban J connectivity index is 1.88. The predicted octanol–water partition coefficient (Wildman–Crippen LogP) is 2.54. The Kier molecular flexibility index (Phi) is 6.95. The van der Waals surface area contributed by atoms with Crippen LogP contribution in [-0.2, 0) is 16.1 Å². The van der Waals surface area contributed by atoms with Crippen molar-refractivity contribution in [2.45, 2.75) is 26.8 Å². The summed E-state index contributed by atoms with van der Waals surface area (Å²) in [5, 5.41) is 2.83. The lowest BCUT2D eigenvalue weighted by atomic mass is 10.2. The standard InChI is InChI=1S/C19H23N3O3/c1-3-25-18-8-6-17(7-9-18)22(15(2)23)12-10-19(24)21-14-16-5-4-11-20-13-16/h4-9,11,13H,3,10,12,14H2,1-2H3,(H,21,24). The third kappa shape index (κ3) is 5.91. The van der Waals surface area contributed by atoms with Crippen LogP contribution in [0.25, 0.3) is 0 Å². The van der Waals surface area contributed by atoms with E-state index in [1.54, 1.807) is 17.3 Å². The van der Waals surface area contributed by atoms with Gasteiger partial charge in [-0.2, -0.15) is 0 Å². The molecule has 1 N–H and O–H groups in total. The van der Waals surface area contributed by atoms with Gasteiger partial charge in [-0.15, -0.1) is 0 Å². The third-order valence-corrected chi connectivity index (χ3v) is 3.61. The van der Waals surface area contributed by atoms with Gasteiger partial charge in [-0.1, -0.05) is 6.07 Å². The molecule has 0 unspecified atom stereocenters. The monoisotopic (exact) mass is 341 g/mol. The molecule has 6 nitrogen and oxygen atoms in total. The molecule has 1 aromatic carbocycles. The lowest BCUT2D eigenvalue weighted by Crippen LogP contribution is -2.33. The van der Waals surface area contributed by atoms with Crippen LogP contribution in [0.3, 0.4) is 0 Å². The molecule has 6 heteroatoms. The first kappa shape index (κ1) is 18.4. The molecule has 0 saturated carbocycles. The Morgan fingerprint density at radius 3 is 2.56 bits per heavy atom. The summed E-state index contributed by atoms with van der Waals surface area (Å²) in [5.41, 5.74) is 1.68. The van der Waals surface area contributed by atoms with Gasteiger partial charge in [-0.25, -0.2) is 0 Å². The van der Waals surface area contributed by atoms with Crippen LogP contribution in [0, 0.1) is 0 Å². The Bertz CT molecular complexity index is 687. The molecule has 132 valence electrons. The average molecular weight is 341 g/mol. The molecular weight excluding hydrogens is 318 g/mol. The third-order valence-electron chi connectivity index (χ3n) is 3.61. The molecule has 0 aliphatic heterocycles. The van der Waals surface area contributed by atoms with Crippen molar-refractivity contribution in [3.8, 4) is 5.75 Å². The summed E-state index contributed by atoms with van der Waals surface area (Å²) >= 11 is 0. The first-order chi connectivity index (χ1) is 12.1. The highest BCUT2D eigenvalue weighted by Gasteiger charge is 2.13. The Hall–Kier alpha value is -2.89. The maximum Gasteiger partial charge on any atom is 0.223 e. The van der Waals surface area contributed by atoms with E-state index in [0.29, 0.717) is 19.7 Å². The minimum absolute atomic E-state index is 0.107. The van der Waals surface area contributed by atoms with Crippen molar-refractivity contribution in [1.82, 2.24) is 10.3 Å². The smallest absolute Gasteiger partial charge is 0.223 e. The van der Waals surface area contributed by atoms with E-state index in [0.717, 1.165) is 17.0 Å². The van der Waals surface area contributed by atoms with Gasteiger partial charge in [0.05, 0.1) is 6.61 Å². The number of ether oxygens (including phenoxy) is 1. The maximum atomic E-state index is 12.0. The Morgan fingerprint density at radius 2 is 1.96 bits per heavy atom. The number of benzene rings is 1. The zero-order valence-corrected chi connectivity index (χ0v) is 14.6. The van der Waals surface area contributed by atoms with Crippen molar-refractivity contribution < 1.29 is 14.3 Å². The molecule has 2 rings (SSSR count). The molecule has 0 aliphatic carbocycles. The fourth-order valence-electron chi connectivity index (χ4n) is 2.36. The fourth-order valence-corrected chi connectivity index (χ4v) is 2.36. The summed E-state index contributed by atoms with van der Waals surface area (Å²) in [6.07, 6.45) is 3.63. The van der Waals surface area contributed by atoms with Crippen molar-refractivity contribution in [3.63, 3.8) is 0 Å². The normalized spacial score (nSPS) is 10.2. The van der Waals surface area contributed by atoms with Crippen LogP contribution in [0.15, 0.2) is 48.8 Å². The van der Waals surface area contributed by atoms with Gasteiger partial charge in [0, 0.05) is 44.5 Å². The minimum atomic E-state index is -0.110. The molecule has 25 heavy (non-hydrogen) atoms. The summed E-state index contributed by atoms with van der Waals surface area (Å²) in [7, 11) is 0. The summed E-state index contributed by atoms with van der Waals surface area (Å²) in [4.78, 5) is 29.5. The van der Waals surface area contributed by atoms with E-state index in [1.165, 1.54) is 6.92 Å². The van der Waals surface area contributed by atoms with Crippen LogP contribution in [0.1, 0.15) is 25.8 Å². The highest BCUT2D eigenvalue weighted by molar-refractivity contribution is 5.92. The van der Waals surface area contributed by atoms with E-state index in [-0.39, 0.29) is 18.2 Å². The molecular formula is C19H23N3O3. The van der Waals surface area contributed by atoms with Crippen molar-refractivity contribution in [2.75, 3.05) is 18.1 Å². The first-order valence-corrected chi connectivity index (χ1v) is 8.26. The van der Waals surface area contributed by atoms with Crippen LogP contribution in [-0.4, -0.2) is 29.9 Å². The van der Waals surface area contributed by atoms with Crippen molar-refractivity contribution in [2.24, 2.45) is 0 Å². The van der Waals surface area contributed by atoms with Crippen molar-refractivity contribution in [3.05, 3.63) is 54.4 Å².